The molecule has 0 radical (unpaired) electrons. The van der Waals surface area contributed by atoms with E-state index in [-0.39, 0.29) is 12.0 Å². The van der Waals surface area contributed by atoms with E-state index in [1.165, 1.54) is 0 Å². The molecule has 0 spiro atoms. The fraction of sp³-hybridized carbons (Fsp3) is 0.938. The average molecular weight is 286 g/mol. The summed E-state index contributed by atoms with van der Waals surface area (Å²) in [5.41, 5.74) is -0.603. The van der Waals surface area contributed by atoms with Crippen LogP contribution in [0.25, 0.3) is 0 Å². The van der Waals surface area contributed by atoms with Crippen molar-refractivity contribution in [2.45, 2.75) is 66.5 Å². The molecule has 0 saturated carbocycles. The van der Waals surface area contributed by atoms with Gasteiger partial charge in [-0.25, -0.2) is 0 Å². The van der Waals surface area contributed by atoms with Gasteiger partial charge in [-0.1, -0.05) is 20.8 Å². The minimum atomic E-state index is -0.603. The van der Waals surface area contributed by atoms with Gasteiger partial charge >= 0.3 is 5.97 Å². The molecule has 0 rings (SSSR count). The van der Waals surface area contributed by atoms with E-state index in [1.54, 1.807) is 0 Å². The van der Waals surface area contributed by atoms with Gasteiger partial charge in [-0.05, 0) is 46.6 Å². The van der Waals surface area contributed by atoms with Gasteiger partial charge in [0.05, 0.1) is 6.61 Å². The Morgan fingerprint density at radius 2 is 1.85 bits per heavy atom. The monoisotopic (exact) mass is 286 g/mol. The summed E-state index contributed by atoms with van der Waals surface area (Å²) in [5, 5.41) is 3.37. The summed E-state index contributed by atoms with van der Waals surface area (Å²) in [6, 6.07) is 0.254. The van der Waals surface area contributed by atoms with E-state index in [0.29, 0.717) is 12.5 Å². The third-order valence-electron chi connectivity index (χ3n) is 3.33. The molecule has 0 bridgehead atoms. The van der Waals surface area contributed by atoms with Crippen molar-refractivity contribution in [3.05, 3.63) is 0 Å². The van der Waals surface area contributed by atoms with Gasteiger partial charge in [-0.15, -0.1) is 0 Å². The van der Waals surface area contributed by atoms with Crippen LogP contribution in [0.3, 0.4) is 0 Å². The van der Waals surface area contributed by atoms with Crippen LogP contribution in [0.4, 0.5) is 0 Å². The van der Waals surface area contributed by atoms with Crippen molar-refractivity contribution in [1.82, 2.24) is 10.2 Å². The van der Waals surface area contributed by atoms with Gasteiger partial charge in [-0.2, -0.15) is 0 Å². The minimum absolute atomic E-state index is 0.144. The van der Waals surface area contributed by atoms with Crippen molar-refractivity contribution in [3.8, 4) is 0 Å². The highest BCUT2D eigenvalue weighted by atomic mass is 16.5. The molecule has 120 valence electrons. The van der Waals surface area contributed by atoms with Crippen LogP contribution in [0.5, 0.6) is 0 Å². The zero-order chi connectivity index (χ0) is 15.8. The van der Waals surface area contributed by atoms with Gasteiger partial charge in [0.1, 0.15) is 5.54 Å². The van der Waals surface area contributed by atoms with Crippen molar-refractivity contribution in [2.75, 3.05) is 26.2 Å². The van der Waals surface area contributed by atoms with E-state index < -0.39 is 5.54 Å². The van der Waals surface area contributed by atoms with Gasteiger partial charge in [0.25, 0.3) is 0 Å². The number of hydrogen-bond donors (Lipinski definition) is 1. The first-order valence-electron chi connectivity index (χ1n) is 7.92. The zero-order valence-corrected chi connectivity index (χ0v) is 14.5. The Labute approximate surface area is 125 Å². The molecule has 0 aliphatic rings. The molecule has 0 amide bonds. The average Bonchev–Trinajstić information content (AvgIpc) is 2.33. The van der Waals surface area contributed by atoms with Crippen LogP contribution in [0, 0.1) is 5.92 Å². The number of hydrogen-bond acceptors (Lipinski definition) is 4. The molecule has 0 saturated heterocycles. The summed E-state index contributed by atoms with van der Waals surface area (Å²) < 4.78 is 5.23. The van der Waals surface area contributed by atoms with Crippen LogP contribution >= 0.6 is 0 Å². The summed E-state index contributed by atoms with van der Waals surface area (Å²) in [7, 11) is 0. The molecule has 0 fully saturated rings. The smallest absolute Gasteiger partial charge is 0.326 e. The van der Waals surface area contributed by atoms with Crippen molar-refractivity contribution < 1.29 is 9.53 Å². The molecular formula is C16H34N2O2. The van der Waals surface area contributed by atoms with Crippen LogP contribution in [-0.2, 0) is 9.53 Å². The molecule has 0 aromatic rings. The summed E-state index contributed by atoms with van der Waals surface area (Å²) in [6.45, 7) is 17.9. The summed E-state index contributed by atoms with van der Waals surface area (Å²) in [4.78, 5) is 14.6. The molecule has 0 heterocycles. The summed E-state index contributed by atoms with van der Waals surface area (Å²) >= 11 is 0. The van der Waals surface area contributed by atoms with Crippen molar-refractivity contribution >= 4 is 5.97 Å². The number of nitrogens with one attached hydrogen (secondary N) is 1. The maximum Gasteiger partial charge on any atom is 0.326 e. The highest BCUT2D eigenvalue weighted by molar-refractivity contribution is 5.80. The Bertz CT molecular complexity index is 280. The van der Waals surface area contributed by atoms with Gasteiger partial charge < -0.3 is 9.64 Å². The standard InChI is InChI=1S/C16H34N2O2/c1-8-18(12-13(3)4)11-10-16(7,17-14(5)6)15(19)20-9-2/h13-14,17H,8-12H2,1-7H3. The van der Waals surface area contributed by atoms with E-state index in [0.717, 1.165) is 26.1 Å². The second-order valence-corrected chi connectivity index (χ2v) is 6.39. The van der Waals surface area contributed by atoms with Crippen molar-refractivity contribution in [3.63, 3.8) is 0 Å². The topological polar surface area (TPSA) is 41.6 Å². The Morgan fingerprint density at radius 1 is 1.25 bits per heavy atom. The molecule has 1 unspecified atom stereocenters. The van der Waals surface area contributed by atoms with Crippen LogP contribution in [0.1, 0.15) is 54.9 Å². The molecule has 0 aliphatic carbocycles. The van der Waals surface area contributed by atoms with Gasteiger partial charge in [-0.3, -0.25) is 10.1 Å². The number of esters is 1. The second-order valence-electron chi connectivity index (χ2n) is 6.39. The number of carbonyl (C=O) groups excluding carboxylic acids is 1. The van der Waals surface area contributed by atoms with E-state index in [4.69, 9.17) is 4.74 Å². The van der Waals surface area contributed by atoms with Gasteiger partial charge in [0.15, 0.2) is 0 Å². The normalized spacial score (nSPS) is 14.9. The Balaban J connectivity index is 4.67. The highest BCUT2D eigenvalue weighted by Gasteiger charge is 2.35. The lowest BCUT2D eigenvalue weighted by molar-refractivity contribution is -0.151. The molecule has 4 nitrogen and oxygen atoms in total. The molecule has 0 aromatic carbocycles. The molecule has 4 heteroatoms. The van der Waals surface area contributed by atoms with E-state index >= 15 is 0 Å². The van der Waals surface area contributed by atoms with E-state index in [2.05, 4.69) is 44.8 Å². The quantitative estimate of drug-likeness (QED) is 0.627. The Hall–Kier alpha value is -0.610. The predicted octanol–water partition coefficient (Wildman–Crippen LogP) is 2.67. The van der Waals surface area contributed by atoms with Gasteiger partial charge in [0, 0.05) is 19.1 Å². The first-order valence-corrected chi connectivity index (χ1v) is 7.92. The SMILES string of the molecule is CCOC(=O)C(C)(CCN(CC)CC(C)C)NC(C)C. The number of rotatable bonds is 10. The van der Waals surface area contributed by atoms with Crippen LogP contribution in [0.2, 0.25) is 0 Å². The van der Waals surface area contributed by atoms with Crippen LogP contribution in [0.15, 0.2) is 0 Å². The molecular weight excluding hydrogens is 252 g/mol. The van der Waals surface area contributed by atoms with Crippen LogP contribution < -0.4 is 5.32 Å². The van der Waals surface area contributed by atoms with Gasteiger partial charge in [0.2, 0.25) is 0 Å². The lowest BCUT2D eigenvalue weighted by Gasteiger charge is -2.33. The van der Waals surface area contributed by atoms with E-state index in [1.807, 2.05) is 13.8 Å². The third-order valence-corrected chi connectivity index (χ3v) is 3.33. The lowest BCUT2D eigenvalue weighted by atomic mass is 9.96. The minimum Gasteiger partial charge on any atom is -0.465 e. The lowest BCUT2D eigenvalue weighted by Crippen LogP contribution is -2.54. The first kappa shape index (κ1) is 19.4. The fourth-order valence-corrected chi connectivity index (χ4v) is 2.44. The van der Waals surface area contributed by atoms with E-state index in [9.17, 15) is 4.79 Å². The first-order chi connectivity index (χ1) is 9.25. The highest BCUT2D eigenvalue weighted by Crippen LogP contribution is 2.15. The largest absolute Gasteiger partial charge is 0.465 e. The second kappa shape index (κ2) is 9.35. The maximum atomic E-state index is 12.2. The summed E-state index contributed by atoms with van der Waals surface area (Å²) in [5.74, 6) is 0.496. The van der Waals surface area contributed by atoms with Crippen molar-refractivity contribution in [1.29, 1.82) is 0 Å². The molecule has 1 atom stereocenters. The molecule has 0 aliphatic heterocycles. The molecule has 20 heavy (non-hydrogen) atoms. The third kappa shape index (κ3) is 7.25. The number of carbonyl (C=O) groups is 1. The van der Waals surface area contributed by atoms with Crippen LogP contribution in [-0.4, -0.2) is 48.7 Å². The summed E-state index contributed by atoms with van der Waals surface area (Å²) in [6.07, 6.45) is 0.768. The predicted molar refractivity (Wildman–Crippen MR) is 84.9 cm³/mol. The molecule has 1 N–H and O–H groups in total. The zero-order valence-electron chi connectivity index (χ0n) is 14.5. The Morgan fingerprint density at radius 3 is 2.25 bits per heavy atom. The Kier molecular flexibility index (Phi) is 9.06. The molecule has 0 aromatic heterocycles. The number of ether oxygens (including phenoxy) is 1. The fourth-order valence-electron chi connectivity index (χ4n) is 2.44. The number of nitrogens with zero attached hydrogens (tertiary/aromatic N) is 1. The van der Waals surface area contributed by atoms with Crippen molar-refractivity contribution in [2.24, 2.45) is 5.92 Å². The maximum absolute atomic E-state index is 12.2.